The van der Waals surface area contributed by atoms with Gasteiger partial charge in [-0.25, -0.2) is 5.43 Å². The van der Waals surface area contributed by atoms with E-state index in [1.165, 1.54) is 0 Å². The fourth-order valence-electron chi connectivity index (χ4n) is 3.46. The highest BCUT2D eigenvalue weighted by atomic mass is 35.5. The van der Waals surface area contributed by atoms with E-state index in [1.807, 2.05) is 0 Å². The number of piperidine rings is 1. The topological polar surface area (TPSA) is 62.7 Å². The predicted octanol–water partition coefficient (Wildman–Crippen LogP) is 1.82. The van der Waals surface area contributed by atoms with Crippen LogP contribution in [-0.2, 0) is 9.53 Å². The molecule has 0 aromatic heterocycles. The standard InChI is InChI=1S/C16H24ClN3O2/c17-14-3-4-15-13(7-14)6-11(10-22-15)8-19-20-16(21)12-2-1-5-18-9-12/h6,8,12-15,18H,1-5,7,9-10H2,(H,20,21)/b19-8+. The van der Waals surface area contributed by atoms with Crippen molar-refractivity contribution in [2.24, 2.45) is 16.9 Å². The second-order valence-electron chi connectivity index (χ2n) is 6.44. The lowest BCUT2D eigenvalue weighted by atomic mass is 9.83. The van der Waals surface area contributed by atoms with Crippen molar-refractivity contribution >= 4 is 23.7 Å². The molecule has 5 nitrogen and oxygen atoms in total. The monoisotopic (exact) mass is 325 g/mol. The number of nitrogens with zero attached hydrogens (tertiary/aromatic N) is 1. The molecule has 0 aromatic rings. The van der Waals surface area contributed by atoms with E-state index >= 15 is 0 Å². The van der Waals surface area contributed by atoms with Gasteiger partial charge >= 0.3 is 0 Å². The van der Waals surface area contributed by atoms with E-state index in [0.717, 1.165) is 50.8 Å². The Morgan fingerprint density at radius 3 is 3.18 bits per heavy atom. The van der Waals surface area contributed by atoms with Gasteiger partial charge in [0.1, 0.15) is 0 Å². The zero-order valence-corrected chi connectivity index (χ0v) is 13.5. The Morgan fingerprint density at radius 2 is 2.36 bits per heavy atom. The van der Waals surface area contributed by atoms with E-state index in [4.69, 9.17) is 16.3 Å². The van der Waals surface area contributed by atoms with Crippen LogP contribution in [0.15, 0.2) is 16.8 Å². The lowest BCUT2D eigenvalue weighted by Gasteiger charge is -2.35. The van der Waals surface area contributed by atoms with E-state index < -0.39 is 0 Å². The number of ether oxygens (including phenoxy) is 1. The van der Waals surface area contributed by atoms with Crippen molar-refractivity contribution in [1.29, 1.82) is 0 Å². The Labute approximate surface area is 136 Å². The minimum atomic E-state index is -0.00265. The van der Waals surface area contributed by atoms with Crippen molar-refractivity contribution < 1.29 is 9.53 Å². The largest absolute Gasteiger partial charge is 0.373 e. The van der Waals surface area contributed by atoms with Crippen LogP contribution < -0.4 is 10.7 Å². The van der Waals surface area contributed by atoms with Crippen LogP contribution in [0.3, 0.4) is 0 Å². The Balaban J connectivity index is 1.50. The zero-order chi connectivity index (χ0) is 15.4. The van der Waals surface area contributed by atoms with Crippen molar-refractivity contribution in [3.05, 3.63) is 11.6 Å². The molecule has 1 aliphatic carbocycles. The number of hydrogen-bond acceptors (Lipinski definition) is 4. The van der Waals surface area contributed by atoms with Crippen molar-refractivity contribution in [2.75, 3.05) is 19.7 Å². The lowest BCUT2D eigenvalue weighted by molar-refractivity contribution is -0.125. The number of hydrazone groups is 1. The van der Waals surface area contributed by atoms with Crippen molar-refractivity contribution in [3.63, 3.8) is 0 Å². The maximum Gasteiger partial charge on any atom is 0.244 e. The second-order valence-corrected chi connectivity index (χ2v) is 7.06. The lowest BCUT2D eigenvalue weighted by Crippen LogP contribution is -2.39. The zero-order valence-electron chi connectivity index (χ0n) is 12.8. The highest BCUT2D eigenvalue weighted by molar-refractivity contribution is 6.20. The Morgan fingerprint density at radius 1 is 1.45 bits per heavy atom. The van der Waals surface area contributed by atoms with Crippen LogP contribution in [-0.4, -0.2) is 43.3 Å². The first kappa shape index (κ1) is 16.0. The quantitative estimate of drug-likeness (QED) is 0.472. The third-order valence-electron chi connectivity index (χ3n) is 4.73. The molecule has 0 bridgehead atoms. The summed E-state index contributed by atoms with van der Waals surface area (Å²) in [5.74, 6) is 0.407. The summed E-state index contributed by atoms with van der Waals surface area (Å²) in [7, 11) is 0. The number of alkyl halides is 1. The van der Waals surface area contributed by atoms with E-state index in [0.29, 0.717) is 18.6 Å². The number of amides is 1. The molecule has 2 aliphatic heterocycles. The number of halogens is 1. The van der Waals surface area contributed by atoms with Gasteiger partial charge in [0.2, 0.25) is 5.91 Å². The maximum atomic E-state index is 12.0. The smallest absolute Gasteiger partial charge is 0.244 e. The molecule has 6 heteroatoms. The fourth-order valence-corrected chi connectivity index (χ4v) is 3.79. The molecule has 2 fully saturated rings. The molecule has 1 amide bonds. The van der Waals surface area contributed by atoms with Gasteiger partial charge in [0.25, 0.3) is 0 Å². The first-order valence-electron chi connectivity index (χ1n) is 8.22. The summed E-state index contributed by atoms with van der Waals surface area (Å²) < 4.78 is 5.88. The summed E-state index contributed by atoms with van der Waals surface area (Å²) in [5, 5.41) is 7.57. The summed E-state index contributed by atoms with van der Waals surface area (Å²) >= 11 is 6.23. The van der Waals surface area contributed by atoms with E-state index in [2.05, 4.69) is 21.9 Å². The molecule has 3 rings (SSSR count). The number of rotatable bonds is 3. The predicted molar refractivity (Wildman–Crippen MR) is 87.0 cm³/mol. The first-order chi connectivity index (χ1) is 10.7. The highest BCUT2D eigenvalue weighted by Crippen LogP contribution is 2.34. The van der Waals surface area contributed by atoms with E-state index in [1.54, 1.807) is 6.21 Å². The molecule has 22 heavy (non-hydrogen) atoms. The Bertz CT molecular complexity index is 460. The molecule has 0 radical (unpaired) electrons. The van der Waals surface area contributed by atoms with Crippen molar-refractivity contribution in [2.45, 2.75) is 43.6 Å². The molecule has 2 N–H and O–H groups in total. The molecule has 1 saturated carbocycles. The molecule has 3 aliphatic rings. The molecule has 1 saturated heterocycles. The van der Waals surface area contributed by atoms with E-state index in [9.17, 15) is 4.79 Å². The van der Waals surface area contributed by atoms with Crippen LogP contribution in [0.25, 0.3) is 0 Å². The number of carbonyl (C=O) groups is 1. The van der Waals surface area contributed by atoms with Gasteiger partial charge < -0.3 is 10.1 Å². The average Bonchev–Trinajstić information content (AvgIpc) is 2.55. The molecular formula is C16H24ClN3O2. The van der Waals surface area contributed by atoms with Gasteiger partial charge in [-0.2, -0.15) is 5.10 Å². The second kappa shape index (κ2) is 7.57. The van der Waals surface area contributed by atoms with Crippen LogP contribution in [0, 0.1) is 11.8 Å². The summed E-state index contributed by atoms with van der Waals surface area (Å²) in [6.07, 6.45) is 9.23. The molecule has 122 valence electrons. The van der Waals surface area contributed by atoms with Crippen LogP contribution in [0.5, 0.6) is 0 Å². The molecular weight excluding hydrogens is 302 g/mol. The minimum absolute atomic E-state index is 0.00265. The summed E-state index contributed by atoms with van der Waals surface area (Å²) in [5.41, 5.74) is 3.67. The molecule has 0 aromatic carbocycles. The SMILES string of the molecule is O=C(N/N=C/C1=CC2CC(Cl)CCC2OC1)C1CCCNC1. The van der Waals surface area contributed by atoms with Crippen LogP contribution in [0.4, 0.5) is 0 Å². The van der Waals surface area contributed by atoms with Crippen molar-refractivity contribution in [1.82, 2.24) is 10.7 Å². The average molecular weight is 326 g/mol. The number of nitrogens with one attached hydrogen (secondary N) is 2. The van der Waals surface area contributed by atoms with Gasteiger partial charge in [-0.1, -0.05) is 6.08 Å². The minimum Gasteiger partial charge on any atom is -0.373 e. The number of fused-ring (bicyclic) bond motifs is 1. The van der Waals surface area contributed by atoms with Gasteiger partial charge in [0.15, 0.2) is 0 Å². The van der Waals surface area contributed by atoms with Crippen molar-refractivity contribution in [3.8, 4) is 0 Å². The summed E-state index contributed by atoms with van der Waals surface area (Å²) in [6.45, 7) is 2.31. The molecule has 4 unspecified atom stereocenters. The molecule has 0 spiro atoms. The number of hydrogen-bond donors (Lipinski definition) is 2. The van der Waals surface area contributed by atoms with Crippen LogP contribution in [0.2, 0.25) is 0 Å². The van der Waals surface area contributed by atoms with E-state index in [-0.39, 0.29) is 17.2 Å². The number of carbonyl (C=O) groups excluding carboxylic acids is 1. The third-order valence-corrected chi connectivity index (χ3v) is 5.13. The Hall–Kier alpha value is -0.910. The third kappa shape index (κ3) is 4.09. The van der Waals surface area contributed by atoms with Gasteiger partial charge in [0, 0.05) is 17.8 Å². The van der Waals surface area contributed by atoms with Gasteiger partial charge in [-0.05, 0) is 44.2 Å². The molecule has 2 heterocycles. The Kier molecular flexibility index (Phi) is 5.50. The summed E-state index contributed by atoms with van der Waals surface area (Å²) in [6, 6.07) is 0. The summed E-state index contributed by atoms with van der Waals surface area (Å²) in [4.78, 5) is 12.0. The van der Waals surface area contributed by atoms with Crippen LogP contribution >= 0.6 is 11.6 Å². The highest BCUT2D eigenvalue weighted by Gasteiger charge is 2.31. The van der Waals surface area contributed by atoms with Gasteiger partial charge in [-0.15, -0.1) is 11.6 Å². The fraction of sp³-hybridized carbons (Fsp3) is 0.750. The normalized spacial score (nSPS) is 35.8. The van der Waals surface area contributed by atoms with Gasteiger partial charge in [0.05, 0.1) is 24.8 Å². The first-order valence-corrected chi connectivity index (χ1v) is 8.66. The van der Waals surface area contributed by atoms with Gasteiger partial charge in [-0.3, -0.25) is 4.79 Å². The maximum absolute atomic E-state index is 12.0. The molecule has 4 atom stereocenters. The van der Waals surface area contributed by atoms with Crippen LogP contribution in [0.1, 0.15) is 32.1 Å².